The van der Waals surface area contributed by atoms with Gasteiger partial charge in [0.05, 0.1) is 5.75 Å². The highest BCUT2D eigenvalue weighted by molar-refractivity contribution is 7.99. The summed E-state index contributed by atoms with van der Waals surface area (Å²) in [6.07, 6.45) is 2.08. The summed E-state index contributed by atoms with van der Waals surface area (Å²) in [4.78, 5) is 19.8. The molecule has 1 aromatic rings. The van der Waals surface area contributed by atoms with Gasteiger partial charge in [0.15, 0.2) is 5.16 Å². The number of carbonyl (C=O) groups excluding carboxylic acids is 1. The first-order valence-electron chi connectivity index (χ1n) is 6.69. The van der Waals surface area contributed by atoms with Gasteiger partial charge in [0.2, 0.25) is 5.91 Å². The fraction of sp³-hybridized carbons (Fsp3) is 0.615. The minimum Gasteiger partial charge on any atom is -0.383 e. The van der Waals surface area contributed by atoms with E-state index in [9.17, 15) is 4.79 Å². The molecule has 1 heterocycles. The van der Waals surface area contributed by atoms with Gasteiger partial charge in [-0.1, -0.05) is 25.6 Å². The molecule has 0 aliphatic heterocycles. The molecule has 1 rings (SSSR count). The Morgan fingerprint density at radius 2 is 1.85 bits per heavy atom. The van der Waals surface area contributed by atoms with Gasteiger partial charge in [0.1, 0.15) is 11.6 Å². The van der Waals surface area contributed by atoms with Crippen molar-refractivity contribution in [3.8, 4) is 0 Å². The van der Waals surface area contributed by atoms with Crippen LogP contribution >= 0.6 is 11.8 Å². The van der Waals surface area contributed by atoms with Crippen molar-refractivity contribution in [3.05, 3.63) is 6.07 Å². The van der Waals surface area contributed by atoms with E-state index in [0.29, 0.717) is 22.7 Å². The van der Waals surface area contributed by atoms with Gasteiger partial charge >= 0.3 is 0 Å². The molecule has 0 aromatic carbocycles. The van der Waals surface area contributed by atoms with Crippen LogP contribution in [0.3, 0.4) is 0 Å². The van der Waals surface area contributed by atoms with Crippen LogP contribution in [-0.2, 0) is 4.79 Å². The van der Waals surface area contributed by atoms with Gasteiger partial charge in [0, 0.05) is 12.1 Å². The first-order valence-corrected chi connectivity index (χ1v) is 7.67. The zero-order chi connectivity index (χ0) is 15.1. The van der Waals surface area contributed by atoms with Crippen molar-refractivity contribution >= 4 is 29.3 Å². The molecule has 0 fully saturated rings. The molecular formula is C13H23N5OS. The predicted octanol–water partition coefficient (Wildman–Crippen LogP) is 1.67. The van der Waals surface area contributed by atoms with Gasteiger partial charge in [-0.05, 0) is 25.7 Å². The molecule has 1 unspecified atom stereocenters. The van der Waals surface area contributed by atoms with Crippen LogP contribution in [0.1, 0.15) is 33.6 Å². The number of aromatic nitrogens is 2. The second-order valence-corrected chi connectivity index (χ2v) is 6.17. The summed E-state index contributed by atoms with van der Waals surface area (Å²) in [5.74, 6) is 1.49. The van der Waals surface area contributed by atoms with Crippen molar-refractivity contribution in [1.29, 1.82) is 0 Å². The SMILES string of the molecule is CC(C)CCC(C)NC(=O)CSc1nc(N)cc(N)n1. The van der Waals surface area contributed by atoms with Crippen LogP contribution in [0.15, 0.2) is 11.2 Å². The molecule has 0 aliphatic rings. The van der Waals surface area contributed by atoms with Crippen molar-refractivity contribution in [2.45, 2.75) is 44.8 Å². The average molecular weight is 297 g/mol. The Hall–Kier alpha value is -1.50. The van der Waals surface area contributed by atoms with Crippen LogP contribution in [0.2, 0.25) is 0 Å². The fourth-order valence-corrected chi connectivity index (χ4v) is 2.31. The second-order valence-electron chi connectivity index (χ2n) is 5.23. The summed E-state index contributed by atoms with van der Waals surface area (Å²) in [5, 5.41) is 3.38. The number of nitrogen functional groups attached to an aromatic ring is 2. The molecule has 6 nitrogen and oxygen atoms in total. The lowest BCUT2D eigenvalue weighted by atomic mass is 10.0. The predicted molar refractivity (Wildman–Crippen MR) is 83.3 cm³/mol. The number of amides is 1. The van der Waals surface area contributed by atoms with Crippen LogP contribution in [-0.4, -0.2) is 27.7 Å². The fourth-order valence-electron chi connectivity index (χ4n) is 1.63. The van der Waals surface area contributed by atoms with E-state index in [1.54, 1.807) is 0 Å². The first-order chi connectivity index (χ1) is 9.36. The molecule has 0 saturated heterocycles. The van der Waals surface area contributed by atoms with Crippen molar-refractivity contribution in [2.75, 3.05) is 17.2 Å². The third kappa shape index (κ3) is 6.60. The van der Waals surface area contributed by atoms with Gasteiger partial charge in [-0.25, -0.2) is 9.97 Å². The molecule has 0 spiro atoms. The van der Waals surface area contributed by atoms with Crippen LogP contribution in [0, 0.1) is 5.92 Å². The topological polar surface area (TPSA) is 107 Å². The quantitative estimate of drug-likeness (QED) is 0.522. The molecular weight excluding hydrogens is 274 g/mol. The van der Waals surface area contributed by atoms with E-state index < -0.39 is 0 Å². The Kier molecular flexibility index (Phi) is 6.57. The average Bonchev–Trinajstić information content (AvgIpc) is 2.33. The highest BCUT2D eigenvalue weighted by Crippen LogP contribution is 2.16. The van der Waals surface area contributed by atoms with Crippen molar-refractivity contribution in [2.24, 2.45) is 5.92 Å². The van der Waals surface area contributed by atoms with Crippen LogP contribution in [0.4, 0.5) is 11.6 Å². The van der Waals surface area contributed by atoms with Crippen LogP contribution < -0.4 is 16.8 Å². The number of nitrogens with two attached hydrogens (primary N) is 2. The smallest absolute Gasteiger partial charge is 0.230 e. The van der Waals surface area contributed by atoms with Crippen molar-refractivity contribution in [3.63, 3.8) is 0 Å². The highest BCUT2D eigenvalue weighted by Gasteiger charge is 2.10. The molecule has 0 saturated carbocycles. The number of rotatable bonds is 7. The molecule has 7 heteroatoms. The molecule has 20 heavy (non-hydrogen) atoms. The number of nitrogens with one attached hydrogen (secondary N) is 1. The van der Waals surface area contributed by atoms with E-state index >= 15 is 0 Å². The molecule has 1 amide bonds. The molecule has 0 aliphatic carbocycles. The van der Waals surface area contributed by atoms with E-state index in [0.717, 1.165) is 12.8 Å². The lowest BCUT2D eigenvalue weighted by Gasteiger charge is -2.14. The maximum absolute atomic E-state index is 11.8. The standard InChI is InChI=1S/C13H23N5OS/c1-8(2)4-5-9(3)16-12(19)7-20-13-17-10(14)6-11(15)18-13/h6,8-9H,4-5,7H2,1-3H3,(H,16,19)(H4,14,15,17,18). The maximum Gasteiger partial charge on any atom is 0.230 e. The van der Waals surface area contributed by atoms with Gasteiger partial charge in [-0.2, -0.15) is 0 Å². The van der Waals surface area contributed by atoms with Crippen molar-refractivity contribution < 1.29 is 4.79 Å². The maximum atomic E-state index is 11.8. The van der Waals surface area contributed by atoms with Crippen LogP contribution in [0.25, 0.3) is 0 Å². The molecule has 0 radical (unpaired) electrons. The summed E-state index contributed by atoms with van der Waals surface area (Å²) in [7, 11) is 0. The number of hydrogen-bond acceptors (Lipinski definition) is 6. The summed E-state index contributed by atoms with van der Waals surface area (Å²) in [5.41, 5.74) is 11.1. The molecule has 5 N–H and O–H groups in total. The van der Waals surface area contributed by atoms with Gasteiger partial charge < -0.3 is 16.8 Å². The first kappa shape index (κ1) is 16.6. The highest BCUT2D eigenvalue weighted by atomic mass is 32.2. The number of carbonyl (C=O) groups is 1. The van der Waals surface area contributed by atoms with Gasteiger partial charge in [-0.15, -0.1) is 0 Å². The third-order valence-electron chi connectivity index (χ3n) is 2.66. The normalized spacial score (nSPS) is 12.4. The minimum absolute atomic E-state index is 0.0316. The summed E-state index contributed by atoms with van der Waals surface area (Å²) in [6, 6.07) is 1.66. The second kappa shape index (κ2) is 7.94. The Morgan fingerprint density at radius 1 is 1.25 bits per heavy atom. The van der Waals surface area contributed by atoms with Crippen molar-refractivity contribution in [1.82, 2.24) is 15.3 Å². The van der Waals surface area contributed by atoms with E-state index in [1.807, 2.05) is 6.92 Å². The minimum atomic E-state index is -0.0316. The van der Waals surface area contributed by atoms with Gasteiger partial charge in [-0.3, -0.25) is 4.79 Å². The van der Waals surface area contributed by atoms with E-state index in [4.69, 9.17) is 11.5 Å². The van der Waals surface area contributed by atoms with E-state index in [2.05, 4.69) is 29.1 Å². The van der Waals surface area contributed by atoms with E-state index in [1.165, 1.54) is 17.8 Å². The lowest BCUT2D eigenvalue weighted by molar-refractivity contribution is -0.119. The molecule has 1 atom stereocenters. The summed E-state index contributed by atoms with van der Waals surface area (Å²) < 4.78 is 0. The largest absolute Gasteiger partial charge is 0.383 e. The zero-order valence-corrected chi connectivity index (χ0v) is 13.0. The van der Waals surface area contributed by atoms with E-state index in [-0.39, 0.29) is 17.7 Å². The zero-order valence-electron chi connectivity index (χ0n) is 12.2. The van der Waals surface area contributed by atoms with Gasteiger partial charge in [0.25, 0.3) is 0 Å². The molecule has 0 bridgehead atoms. The number of nitrogens with zero attached hydrogens (tertiary/aromatic N) is 2. The number of hydrogen-bond donors (Lipinski definition) is 3. The Bertz CT molecular complexity index is 432. The van der Waals surface area contributed by atoms with Crippen LogP contribution in [0.5, 0.6) is 0 Å². The molecule has 1 aromatic heterocycles. The number of anilines is 2. The third-order valence-corrected chi connectivity index (χ3v) is 3.51. The Balaban J connectivity index is 2.35. The Morgan fingerprint density at radius 3 is 2.40 bits per heavy atom. The summed E-state index contributed by atoms with van der Waals surface area (Å²) in [6.45, 7) is 6.36. The number of thioether (sulfide) groups is 1. The summed E-state index contributed by atoms with van der Waals surface area (Å²) >= 11 is 1.23. The Labute approximate surface area is 124 Å². The molecule has 112 valence electrons. The lowest BCUT2D eigenvalue weighted by Crippen LogP contribution is -2.34. The monoisotopic (exact) mass is 297 g/mol.